The van der Waals surface area contributed by atoms with E-state index in [1.165, 1.54) is 30.3 Å². The molecule has 110 valence electrons. The average Bonchev–Trinajstić information content (AvgIpc) is 2.48. The van der Waals surface area contributed by atoms with Gasteiger partial charge in [0.15, 0.2) is 16.8 Å². The van der Waals surface area contributed by atoms with Crippen molar-refractivity contribution in [3.05, 3.63) is 58.0 Å². The minimum absolute atomic E-state index is 0.0563. The van der Waals surface area contributed by atoms with E-state index in [9.17, 15) is 13.8 Å². The molecule has 7 nitrogen and oxygen atoms in total. The first-order chi connectivity index (χ1) is 9.97. The van der Waals surface area contributed by atoms with Crippen LogP contribution in [0.5, 0.6) is 5.75 Å². The van der Waals surface area contributed by atoms with Crippen LogP contribution in [0, 0.1) is 0 Å². The van der Waals surface area contributed by atoms with E-state index in [0.717, 1.165) is 6.20 Å². The lowest BCUT2D eigenvalue weighted by molar-refractivity contribution is 0.0950. The first-order valence-corrected chi connectivity index (χ1v) is 6.98. The standard InChI is InChI=1S/C13H12N2O5S/c16-11-5-9(14-7-12(11)17)6-15-13(18)8-2-1-3-10(4-8)21(19)20/h1-5,7,17H,6H2,(H,14,16)(H,15,18)(H,19,20). The Morgan fingerprint density at radius 1 is 1.33 bits per heavy atom. The molecule has 8 heteroatoms. The Labute approximate surface area is 121 Å². The van der Waals surface area contributed by atoms with E-state index in [1.807, 2.05) is 0 Å². The van der Waals surface area contributed by atoms with Crippen LogP contribution < -0.4 is 10.7 Å². The Hall–Kier alpha value is -2.45. The monoisotopic (exact) mass is 308 g/mol. The highest BCUT2D eigenvalue weighted by Crippen LogP contribution is 2.08. The van der Waals surface area contributed by atoms with Gasteiger partial charge < -0.3 is 20.0 Å². The predicted molar refractivity (Wildman–Crippen MR) is 75.4 cm³/mol. The van der Waals surface area contributed by atoms with Crippen LogP contribution in [0.15, 0.2) is 46.2 Å². The summed E-state index contributed by atoms with van der Waals surface area (Å²) in [5.74, 6) is -0.848. The van der Waals surface area contributed by atoms with Crippen molar-refractivity contribution in [3.63, 3.8) is 0 Å². The number of amides is 1. The average molecular weight is 308 g/mol. The molecule has 1 atom stereocenters. The minimum atomic E-state index is -2.16. The summed E-state index contributed by atoms with van der Waals surface area (Å²) >= 11 is -2.16. The molecular weight excluding hydrogens is 296 g/mol. The summed E-state index contributed by atoms with van der Waals surface area (Å²) in [4.78, 5) is 25.9. The maximum absolute atomic E-state index is 11.9. The van der Waals surface area contributed by atoms with E-state index in [4.69, 9.17) is 9.66 Å². The lowest BCUT2D eigenvalue weighted by Crippen LogP contribution is -2.24. The van der Waals surface area contributed by atoms with Crippen molar-refractivity contribution in [1.29, 1.82) is 0 Å². The molecule has 0 fully saturated rings. The smallest absolute Gasteiger partial charge is 0.251 e. The van der Waals surface area contributed by atoms with E-state index >= 15 is 0 Å². The van der Waals surface area contributed by atoms with Crippen LogP contribution in [0.4, 0.5) is 0 Å². The van der Waals surface area contributed by atoms with E-state index in [-0.39, 0.29) is 17.0 Å². The number of benzene rings is 1. The van der Waals surface area contributed by atoms with Crippen molar-refractivity contribution in [2.24, 2.45) is 0 Å². The van der Waals surface area contributed by atoms with Crippen LogP contribution in [0.3, 0.4) is 0 Å². The minimum Gasteiger partial charge on any atom is -0.503 e. The maximum Gasteiger partial charge on any atom is 0.251 e. The fraction of sp³-hybridized carbons (Fsp3) is 0.0769. The normalized spacial score (nSPS) is 11.9. The maximum atomic E-state index is 11.9. The molecule has 1 aromatic carbocycles. The van der Waals surface area contributed by atoms with Gasteiger partial charge in [-0.1, -0.05) is 6.07 Å². The molecule has 1 amide bonds. The van der Waals surface area contributed by atoms with Crippen LogP contribution in [0.1, 0.15) is 16.1 Å². The van der Waals surface area contributed by atoms with Crippen molar-refractivity contribution >= 4 is 17.0 Å². The largest absolute Gasteiger partial charge is 0.503 e. The number of H-pyrrole nitrogens is 1. The molecule has 0 aliphatic heterocycles. The zero-order valence-electron chi connectivity index (χ0n) is 10.7. The molecular formula is C13H12N2O5S. The predicted octanol–water partition coefficient (Wildman–Crippen LogP) is 0.591. The zero-order chi connectivity index (χ0) is 15.4. The van der Waals surface area contributed by atoms with E-state index in [0.29, 0.717) is 5.69 Å². The topological polar surface area (TPSA) is 119 Å². The Morgan fingerprint density at radius 3 is 2.76 bits per heavy atom. The Morgan fingerprint density at radius 2 is 2.10 bits per heavy atom. The van der Waals surface area contributed by atoms with Gasteiger partial charge in [0.25, 0.3) is 5.91 Å². The van der Waals surface area contributed by atoms with Crippen molar-refractivity contribution < 1.29 is 18.7 Å². The van der Waals surface area contributed by atoms with Gasteiger partial charge in [0, 0.05) is 23.5 Å². The first-order valence-electron chi connectivity index (χ1n) is 5.87. The molecule has 2 aromatic rings. The third kappa shape index (κ3) is 3.77. The number of nitrogens with one attached hydrogen (secondary N) is 2. The van der Waals surface area contributed by atoms with Gasteiger partial charge in [-0.3, -0.25) is 9.59 Å². The Kier molecular flexibility index (Phi) is 4.51. The summed E-state index contributed by atoms with van der Waals surface area (Å²) in [7, 11) is 0. The molecule has 0 spiro atoms. The van der Waals surface area contributed by atoms with Gasteiger partial charge in [-0.25, -0.2) is 4.21 Å². The summed E-state index contributed by atoms with van der Waals surface area (Å²) in [5.41, 5.74) is 0.111. The second-order valence-corrected chi connectivity index (χ2v) is 5.14. The summed E-state index contributed by atoms with van der Waals surface area (Å²) < 4.78 is 19.9. The van der Waals surface area contributed by atoms with Crippen molar-refractivity contribution in [2.45, 2.75) is 11.4 Å². The number of hydrogen-bond donors (Lipinski definition) is 4. The molecule has 0 saturated carbocycles. The number of rotatable bonds is 4. The van der Waals surface area contributed by atoms with Crippen molar-refractivity contribution in [1.82, 2.24) is 10.3 Å². The van der Waals surface area contributed by atoms with Gasteiger partial charge in [0.2, 0.25) is 5.43 Å². The number of aromatic amines is 1. The highest BCUT2D eigenvalue weighted by molar-refractivity contribution is 7.79. The third-order valence-electron chi connectivity index (χ3n) is 2.69. The number of hydrogen-bond acceptors (Lipinski definition) is 4. The fourth-order valence-electron chi connectivity index (χ4n) is 1.63. The Bertz CT molecular complexity index is 756. The second-order valence-electron chi connectivity index (χ2n) is 4.17. The van der Waals surface area contributed by atoms with Gasteiger partial charge >= 0.3 is 0 Å². The zero-order valence-corrected chi connectivity index (χ0v) is 11.5. The van der Waals surface area contributed by atoms with Gasteiger partial charge in [-0.2, -0.15) is 0 Å². The van der Waals surface area contributed by atoms with Gasteiger partial charge in [0.1, 0.15) is 0 Å². The lowest BCUT2D eigenvalue weighted by Gasteiger charge is -2.06. The lowest BCUT2D eigenvalue weighted by atomic mass is 10.2. The van der Waals surface area contributed by atoms with Gasteiger partial charge in [-0.15, -0.1) is 0 Å². The third-order valence-corrected chi connectivity index (χ3v) is 3.35. The molecule has 1 aromatic heterocycles. The van der Waals surface area contributed by atoms with Crippen molar-refractivity contribution in [2.75, 3.05) is 0 Å². The summed E-state index contributed by atoms with van der Waals surface area (Å²) in [6.07, 6.45) is 1.14. The highest BCUT2D eigenvalue weighted by atomic mass is 32.2. The molecule has 1 unspecified atom stereocenters. The highest BCUT2D eigenvalue weighted by Gasteiger charge is 2.08. The molecule has 0 radical (unpaired) electrons. The van der Waals surface area contributed by atoms with Crippen LogP contribution in [-0.4, -0.2) is 24.8 Å². The van der Waals surface area contributed by atoms with E-state index in [1.54, 1.807) is 0 Å². The van der Waals surface area contributed by atoms with E-state index < -0.39 is 28.2 Å². The number of aromatic hydroxyl groups is 1. The number of pyridine rings is 1. The molecule has 0 saturated heterocycles. The SMILES string of the molecule is O=C(NCc1cc(=O)c(O)c[nH]1)c1cccc(S(=O)O)c1. The molecule has 4 N–H and O–H groups in total. The van der Waals surface area contributed by atoms with E-state index in [2.05, 4.69) is 10.3 Å². The summed E-state index contributed by atoms with van der Waals surface area (Å²) in [6, 6.07) is 6.93. The molecule has 0 aliphatic rings. The van der Waals surface area contributed by atoms with Crippen LogP contribution in [0.2, 0.25) is 0 Å². The summed E-state index contributed by atoms with van der Waals surface area (Å²) in [5, 5.41) is 11.7. The van der Waals surface area contributed by atoms with Gasteiger partial charge in [-0.05, 0) is 18.2 Å². The number of aromatic nitrogens is 1. The molecule has 2 rings (SSSR count). The summed E-state index contributed by atoms with van der Waals surface area (Å²) in [6.45, 7) is 0.0563. The first kappa shape index (κ1) is 14.9. The van der Waals surface area contributed by atoms with Crippen molar-refractivity contribution in [3.8, 4) is 5.75 Å². The number of carbonyl (C=O) groups excluding carboxylic acids is 1. The van der Waals surface area contributed by atoms with Crippen LogP contribution in [0.25, 0.3) is 0 Å². The van der Waals surface area contributed by atoms with Crippen LogP contribution >= 0.6 is 0 Å². The quantitative estimate of drug-likeness (QED) is 0.616. The fourth-order valence-corrected chi connectivity index (χ4v) is 2.05. The second kappa shape index (κ2) is 6.33. The molecule has 21 heavy (non-hydrogen) atoms. The molecule has 0 aliphatic carbocycles. The van der Waals surface area contributed by atoms with Gasteiger partial charge in [0.05, 0.1) is 11.4 Å². The molecule has 0 bridgehead atoms. The number of carbonyl (C=O) groups is 1. The Balaban J connectivity index is 2.08. The van der Waals surface area contributed by atoms with Crippen LogP contribution in [-0.2, 0) is 17.6 Å². The molecule has 1 heterocycles.